The summed E-state index contributed by atoms with van der Waals surface area (Å²) in [5.74, 6) is 0.522. The van der Waals surface area contributed by atoms with E-state index in [2.05, 4.69) is 51.7 Å². The minimum absolute atomic E-state index is 0.291. The van der Waals surface area contributed by atoms with Gasteiger partial charge < -0.3 is 18.8 Å². The van der Waals surface area contributed by atoms with Gasteiger partial charge >= 0.3 is 5.97 Å². The molecule has 3 aromatic carbocycles. The first-order valence-corrected chi connectivity index (χ1v) is 15.8. The van der Waals surface area contributed by atoms with Crippen molar-refractivity contribution >= 4 is 55.2 Å². The lowest BCUT2D eigenvalue weighted by Gasteiger charge is -2.17. The fourth-order valence-electron chi connectivity index (χ4n) is 6.08. The average Bonchev–Trinajstić information content (AvgIpc) is 3.50. The molecule has 1 aliphatic heterocycles. The minimum atomic E-state index is -0.347. The Morgan fingerprint density at radius 1 is 1.14 bits per heavy atom. The van der Waals surface area contributed by atoms with Gasteiger partial charge in [0.05, 0.1) is 44.4 Å². The van der Waals surface area contributed by atoms with Gasteiger partial charge in [-0.2, -0.15) is 5.10 Å². The summed E-state index contributed by atoms with van der Waals surface area (Å²) in [6.07, 6.45) is 0.694. The van der Waals surface area contributed by atoms with Crippen molar-refractivity contribution in [3.05, 3.63) is 81.8 Å². The third kappa shape index (κ3) is 5.10. The van der Waals surface area contributed by atoms with Gasteiger partial charge in [0.1, 0.15) is 11.4 Å². The number of benzene rings is 3. The van der Waals surface area contributed by atoms with Crippen LogP contribution in [0.25, 0.3) is 32.8 Å². The van der Waals surface area contributed by atoms with E-state index in [1.54, 1.807) is 0 Å². The van der Waals surface area contributed by atoms with Crippen LogP contribution < -0.4 is 4.74 Å². The molecule has 0 atom stereocenters. The Morgan fingerprint density at radius 3 is 2.79 bits per heavy atom. The maximum absolute atomic E-state index is 13.4. The number of alkyl halides is 1. The van der Waals surface area contributed by atoms with E-state index in [0.717, 1.165) is 61.1 Å². The third-order valence-electron chi connectivity index (χ3n) is 7.84. The summed E-state index contributed by atoms with van der Waals surface area (Å²) in [5, 5.41) is 9.21. The monoisotopic (exact) mass is 649 g/mol. The molecule has 5 aromatic rings. The summed E-state index contributed by atoms with van der Waals surface area (Å²) in [5.41, 5.74) is 7.18. The molecule has 0 N–H and O–H groups in total. The molecule has 0 fully saturated rings. The lowest BCUT2D eigenvalue weighted by Crippen LogP contribution is -2.17. The quantitative estimate of drug-likeness (QED) is 0.0919. The maximum atomic E-state index is 13.4. The van der Waals surface area contributed by atoms with Crippen molar-refractivity contribution in [1.29, 1.82) is 0 Å². The molecular weight excluding hydrogens is 618 g/mol. The Morgan fingerprint density at radius 2 is 1.98 bits per heavy atom. The van der Waals surface area contributed by atoms with Crippen LogP contribution in [0.5, 0.6) is 5.75 Å². The van der Waals surface area contributed by atoms with Crippen LogP contribution in [0, 0.1) is 13.8 Å². The SMILES string of the molecule is CCOC(=O)c1c(C)c2c(-c3c(CBr)nn4c3COCC4)c(Cl)ccc2n1CCCOc1cc(C)cc2ccccc12. The number of hydrogen-bond donors (Lipinski definition) is 0. The predicted molar refractivity (Wildman–Crippen MR) is 170 cm³/mol. The van der Waals surface area contributed by atoms with E-state index in [1.807, 2.05) is 42.8 Å². The number of aryl methyl sites for hydroxylation is 3. The maximum Gasteiger partial charge on any atom is 0.355 e. The predicted octanol–water partition coefficient (Wildman–Crippen LogP) is 8.00. The molecule has 0 unspecified atom stereocenters. The number of halogens is 2. The smallest absolute Gasteiger partial charge is 0.355 e. The van der Waals surface area contributed by atoms with Gasteiger partial charge in [0, 0.05) is 44.3 Å². The molecule has 0 saturated heterocycles. The van der Waals surface area contributed by atoms with E-state index in [9.17, 15) is 4.79 Å². The Labute approximate surface area is 258 Å². The zero-order valence-corrected chi connectivity index (χ0v) is 26.3. The summed E-state index contributed by atoms with van der Waals surface area (Å²) < 4.78 is 21.7. The highest BCUT2D eigenvalue weighted by atomic mass is 79.9. The third-order valence-corrected chi connectivity index (χ3v) is 8.68. The lowest BCUT2D eigenvalue weighted by atomic mass is 9.96. The number of esters is 1. The van der Waals surface area contributed by atoms with Crippen LogP contribution in [0.4, 0.5) is 0 Å². The van der Waals surface area contributed by atoms with Gasteiger partial charge in [-0.15, -0.1) is 0 Å². The lowest BCUT2D eigenvalue weighted by molar-refractivity contribution is 0.0513. The number of hydrogen-bond acceptors (Lipinski definition) is 5. The summed E-state index contributed by atoms with van der Waals surface area (Å²) in [7, 11) is 0. The molecule has 0 amide bonds. The highest BCUT2D eigenvalue weighted by Crippen LogP contribution is 2.43. The van der Waals surface area contributed by atoms with E-state index in [0.29, 0.717) is 62.0 Å². The Balaban J connectivity index is 1.40. The Kier molecular flexibility index (Phi) is 8.30. The summed E-state index contributed by atoms with van der Waals surface area (Å²) >= 11 is 10.6. The van der Waals surface area contributed by atoms with Crippen molar-refractivity contribution in [3.8, 4) is 16.9 Å². The fraction of sp³-hybridized carbons (Fsp3) is 0.333. The van der Waals surface area contributed by atoms with Crippen LogP contribution >= 0.6 is 27.5 Å². The zero-order valence-electron chi connectivity index (χ0n) is 24.0. The summed E-state index contributed by atoms with van der Waals surface area (Å²) in [4.78, 5) is 13.4. The molecule has 6 rings (SSSR count). The number of carbonyl (C=O) groups is 1. The molecule has 2 aromatic heterocycles. The molecule has 42 heavy (non-hydrogen) atoms. The van der Waals surface area contributed by atoms with Gasteiger partial charge in [-0.1, -0.05) is 57.9 Å². The minimum Gasteiger partial charge on any atom is -0.493 e. The second-order valence-corrected chi connectivity index (χ2v) is 11.5. The first-order valence-electron chi connectivity index (χ1n) is 14.3. The summed E-state index contributed by atoms with van der Waals surface area (Å²) in [6.45, 7) is 9.00. The van der Waals surface area contributed by atoms with E-state index in [-0.39, 0.29) is 5.97 Å². The second kappa shape index (κ2) is 12.1. The first kappa shape index (κ1) is 28.8. The van der Waals surface area contributed by atoms with Crippen molar-refractivity contribution in [2.24, 2.45) is 0 Å². The molecule has 0 aliphatic carbocycles. The summed E-state index contributed by atoms with van der Waals surface area (Å²) in [6, 6.07) is 16.4. The van der Waals surface area contributed by atoms with Crippen molar-refractivity contribution in [1.82, 2.24) is 14.3 Å². The van der Waals surface area contributed by atoms with E-state index < -0.39 is 0 Å². The fourth-order valence-corrected chi connectivity index (χ4v) is 6.72. The molecule has 0 radical (unpaired) electrons. The van der Waals surface area contributed by atoms with Crippen LogP contribution in [0.15, 0.2) is 48.5 Å². The van der Waals surface area contributed by atoms with Crippen LogP contribution in [-0.4, -0.2) is 40.1 Å². The van der Waals surface area contributed by atoms with Gasteiger partial charge in [-0.05, 0) is 61.9 Å². The van der Waals surface area contributed by atoms with E-state index in [4.69, 9.17) is 30.9 Å². The highest BCUT2D eigenvalue weighted by Gasteiger charge is 2.29. The molecule has 1 aliphatic rings. The van der Waals surface area contributed by atoms with E-state index in [1.165, 1.54) is 0 Å². The average molecular weight is 651 g/mol. The number of aromatic nitrogens is 3. The molecule has 218 valence electrons. The van der Waals surface area contributed by atoms with Crippen molar-refractivity contribution in [2.75, 3.05) is 19.8 Å². The molecule has 7 nitrogen and oxygen atoms in total. The molecule has 0 spiro atoms. The topological polar surface area (TPSA) is 67.5 Å². The largest absolute Gasteiger partial charge is 0.493 e. The van der Waals surface area contributed by atoms with Crippen LogP contribution in [0.2, 0.25) is 5.02 Å². The van der Waals surface area contributed by atoms with Gasteiger partial charge in [0.2, 0.25) is 0 Å². The normalized spacial score (nSPS) is 13.1. The van der Waals surface area contributed by atoms with Gasteiger partial charge in [0.25, 0.3) is 0 Å². The van der Waals surface area contributed by atoms with Gasteiger partial charge in [-0.3, -0.25) is 4.68 Å². The van der Waals surface area contributed by atoms with Crippen molar-refractivity contribution in [3.63, 3.8) is 0 Å². The van der Waals surface area contributed by atoms with Crippen molar-refractivity contribution < 1.29 is 19.0 Å². The highest BCUT2D eigenvalue weighted by molar-refractivity contribution is 9.08. The van der Waals surface area contributed by atoms with Crippen LogP contribution in [-0.2, 0) is 34.5 Å². The van der Waals surface area contributed by atoms with E-state index >= 15 is 0 Å². The van der Waals surface area contributed by atoms with Crippen molar-refractivity contribution in [2.45, 2.75) is 52.2 Å². The molecule has 0 bridgehead atoms. The molecular formula is C33H33BrClN3O4. The first-order chi connectivity index (χ1) is 20.4. The Bertz CT molecular complexity index is 1810. The standard InChI is InChI=1S/C33H33BrClN3O4/c1-4-41-33(39)32-21(3)29-26(11-10-24(35)30(29)31-25(18-34)36-38-13-15-40-19-27(31)38)37(32)12-7-14-42-28-17-20(2)16-22-8-5-6-9-23(22)28/h5-6,8-11,16-17H,4,7,12-15,18-19H2,1-3H3. The number of ether oxygens (including phenoxy) is 3. The number of carbonyl (C=O) groups excluding carboxylic acids is 1. The zero-order chi connectivity index (χ0) is 29.4. The van der Waals surface area contributed by atoms with Gasteiger partial charge in [-0.25, -0.2) is 4.79 Å². The number of nitrogens with zero attached hydrogens (tertiary/aromatic N) is 3. The van der Waals surface area contributed by atoms with Crippen LogP contribution in [0.3, 0.4) is 0 Å². The second-order valence-electron chi connectivity index (χ2n) is 10.5. The number of rotatable bonds is 9. The Hall–Kier alpha value is -3.33. The molecule has 0 saturated carbocycles. The molecule has 9 heteroatoms. The van der Waals surface area contributed by atoms with Crippen LogP contribution in [0.1, 0.15) is 46.3 Å². The van der Waals surface area contributed by atoms with Gasteiger partial charge in [0.15, 0.2) is 0 Å². The number of fused-ring (bicyclic) bond motifs is 3. The molecule has 3 heterocycles.